The maximum atomic E-state index is 11.5. The van der Waals surface area contributed by atoms with Crippen molar-refractivity contribution in [1.82, 2.24) is 9.88 Å². The Morgan fingerprint density at radius 2 is 2.57 bits per heavy atom. The van der Waals surface area contributed by atoms with E-state index in [0.717, 1.165) is 18.0 Å². The highest BCUT2D eigenvalue weighted by Gasteiger charge is 2.28. The van der Waals surface area contributed by atoms with Gasteiger partial charge in [0.2, 0.25) is 5.91 Å². The van der Waals surface area contributed by atoms with Crippen molar-refractivity contribution in [3.8, 4) is 0 Å². The van der Waals surface area contributed by atoms with Crippen LogP contribution in [0.4, 0.5) is 0 Å². The largest absolute Gasteiger partial charge is 0.336 e. The number of hydrogen-bond donors (Lipinski definition) is 1. The zero-order valence-corrected chi connectivity index (χ0v) is 9.43. The summed E-state index contributed by atoms with van der Waals surface area (Å²) in [5.41, 5.74) is 2.79. The van der Waals surface area contributed by atoms with Crippen molar-refractivity contribution in [3.05, 3.63) is 16.6 Å². The minimum atomic E-state index is 0.233. The van der Waals surface area contributed by atoms with Gasteiger partial charge in [0.25, 0.3) is 0 Å². The van der Waals surface area contributed by atoms with Gasteiger partial charge in [0, 0.05) is 18.3 Å². The Morgan fingerprint density at radius 3 is 3.14 bits per heavy atom. The van der Waals surface area contributed by atoms with Gasteiger partial charge in [-0.3, -0.25) is 4.79 Å². The third-order valence-corrected chi connectivity index (χ3v) is 3.54. The van der Waals surface area contributed by atoms with Gasteiger partial charge < -0.3 is 4.90 Å². The number of carbonyl (C=O) groups excluding carboxylic acids is 1. The Morgan fingerprint density at radius 1 is 1.71 bits per heavy atom. The van der Waals surface area contributed by atoms with E-state index in [2.05, 4.69) is 17.6 Å². The monoisotopic (exact) mass is 228 g/mol. The Hall–Kier alpha value is -0.550. The molecular formula is C9H12N2OS2. The van der Waals surface area contributed by atoms with E-state index in [9.17, 15) is 4.79 Å². The number of carbonyl (C=O) groups is 1. The molecule has 1 atom stereocenters. The molecular weight excluding hydrogens is 216 g/mol. The van der Waals surface area contributed by atoms with Crippen LogP contribution in [0.25, 0.3) is 0 Å². The minimum absolute atomic E-state index is 0.233. The number of hydrogen-bond acceptors (Lipinski definition) is 4. The molecule has 2 rings (SSSR count). The van der Waals surface area contributed by atoms with Crippen LogP contribution >= 0.6 is 24.0 Å². The summed E-state index contributed by atoms with van der Waals surface area (Å²) in [4.78, 5) is 17.6. The van der Waals surface area contributed by atoms with Crippen LogP contribution in [0.3, 0.4) is 0 Å². The predicted molar refractivity (Wildman–Crippen MR) is 59.5 cm³/mol. The Labute approximate surface area is 92.6 Å². The highest BCUT2D eigenvalue weighted by molar-refractivity contribution is 7.80. The summed E-state index contributed by atoms with van der Waals surface area (Å²) in [6, 6.07) is 0. The molecule has 0 radical (unpaired) electrons. The van der Waals surface area contributed by atoms with E-state index in [4.69, 9.17) is 0 Å². The normalized spacial score (nSPS) is 21.9. The van der Waals surface area contributed by atoms with Gasteiger partial charge in [0.05, 0.1) is 17.7 Å². The minimum Gasteiger partial charge on any atom is -0.336 e. The van der Waals surface area contributed by atoms with Gasteiger partial charge in [-0.15, -0.1) is 11.3 Å². The van der Waals surface area contributed by atoms with E-state index in [-0.39, 0.29) is 5.91 Å². The Kier molecular flexibility index (Phi) is 3.08. The zero-order valence-electron chi connectivity index (χ0n) is 7.72. The van der Waals surface area contributed by atoms with Crippen molar-refractivity contribution in [3.63, 3.8) is 0 Å². The van der Waals surface area contributed by atoms with Gasteiger partial charge in [-0.2, -0.15) is 12.6 Å². The van der Waals surface area contributed by atoms with Crippen LogP contribution in [0.2, 0.25) is 0 Å². The van der Waals surface area contributed by atoms with Crippen molar-refractivity contribution < 1.29 is 4.79 Å². The molecule has 1 amide bonds. The first-order valence-corrected chi connectivity index (χ1v) is 6.13. The molecule has 1 fully saturated rings. The number of amides is 1. The van der Waals surface area contributed by atoms with Gasteiger partial charge in [-0.25, -0.2) is 4.98 Å². The average molecular weight is 228 g/mol. The molecule has 1 saturated heterocycles. The fourth-order valence-electron chi connectivity index (χ4n) is 1.64. The van der Waals surface area contributed by atoms with Gasteiger partial charge in [-0.1, -0.05) is 0 Å². The van der Waals surface area contributed by atoms with E-state index < -0.39 is 0 Å². The van der Waals surface area contributed by atoms with E-state index in [1.165, 1.54) is 0 Å². The molecule has 1 unspecified atom stereocenters. The summed E-state index contributed by atoms with van der Waals surface area (Å²) in [5, 5.41) is 1.99. The van der Waals surface area contributed by atoms with Crippen LogP contribution < -0.4 is 0 Å². The molecule has 0 N–H and O–H groups in total. The van der Waals surface area contributed by atoms with Crippen LogP contribution in [0, 0.1) is 5.92 Å². The third kappa shape index (κ3) is 2.09. The molecule has 3 nitrogen and oxygen atoms in total. The summed E-state index contributed by atoms with van der Waals surface area (Å²) in [5.74, 6) is 1.45. The van der Waals surface area contributed by atoms with Crippen molar-refractivity contribution in [2.75, 3.05) is 12.3 Å². The number of thiazole rings is 1. The smallest absolute Gasteiger partial charge is 0.223 e. The molecule has 76 valence electrons. The van der Waals surface area contributed by atoms with Crippen molar-refractivity contribution in [2.45, 2.75) is 13.0 Å². The topological polar surface area (TPSA) is 33.2 Å². The highest BCUT2D eigenvalue weighted by atomic mass is 32.1. The van der Waals surface area contributed by atoms with Crippen LogP contribution in [-0.2, 0) is 11.3 Å². The fraction of sp³-hybridized carbons (Fsp3) is 0.556. The van der Waals surface area contributed by atoms with Gasteiger partial charge in [0.15, 0.2) is 0 Å². The number of nitrogens with zero attached hydrogens (tertiary/aromatic N) is 2. The molecule has 1 aliphatic heterocycles. The first-order valence-electron chi connectivity index (χ1n) is 4.55. The SMILES string of the molecule is O=C1CC(CS)CN1Cc1cscn1. The van der Waals surface area contributed by atoms with Gasteiger partial charge in [-0.05, 0) is 11.7 Å². The van der Waals surface area contributed by atoms with Crippen LogP contribution in [0.15, 0.2) is 10.9 Å². The summed E-state index contributed by atoms with van der Waals surface area (Å²) in [6.07, 6.45) is 0.646. The van der Waals surface area contributed by atoms with Crippen LogP contribution in [0.5, 0.6) is 0 Å². The maximum absolute atomic E-state index is 11.5. The lowest BCUT2D eigenvalue weighted by Gasteiger charge is -2.14. The number of likely N-dealkylation sites (tertiary alicyclic amines) is 1. The molecule has 1 aromatic heterocycles. The molecule has 5 heteroatoms. The quantitative estimate of drug-likeness (QED) is 0.794. The van der Waals surface area contributed by atoms with E-state index in [0.29, 0.717) is 18.9 Å². The molecule has 0 bridgehead atoms. The second kappa shape index (κ2) is 4.31. The number of thiol groups is 1. The molecule has 14 heavy (non-hydrogen) atoms. The molecule has 0 spiro atoms. The Balaban J connectivity index is 1.96. The Bertz CT molecular complexity index is 313. The molecule has 0 saturated carbocycles. The number of aromatic nitrogens is 1. The van der Waals surface area contributed by atoms with E-state index in [1.807, 2.05) is 10.3 Å². The fourth-order valence-corrected chi connectivity index (χ4v) is 2.43. The second-order valence-electron chi connectivity index (χ2n) is 3.51. The lowest BCUT2D eigenvalue weighted by molar-refractivity contribution is -0.128. The second-order valence-corrected chi connectivity index (χ2v) is 4.59. The van der Waals surface area contributed by atoms with E-state index >= 15 is 0 Å². The lowest BCUT2D eigenvalue weighted by Crippen LogP contribution is -2.24. The first-order chi connectivity index (χ1) is 6.79. The van der Waals surface area contributed by atoms with Crippen LogP contribution in [-0.4, -0.2) is 28.1 Å². The standard InChI is InChI=1S/C9H12N2OS2/c12-9-1-7(4-13)2-11(9)3-8-5-14-6-10-8/h5-7,13H,1-4H2. The number of rotatable bonds is 3. The third-order valence-electron chi connectivity index (χ3n) is 2.39. The molecule has 1 aromatic rings. The highest BCUT2D eigenvalue weighted by Crippen LogP contribution is 2.20. The average Bonchev–Trinajstić information content (AvgIpc) is 2.78. The first kappa shape index (κ1) is 9.98. The lowest BCUT2D eigenvalue weighted by atomic mass is 10.1. The summed E-state index contributed by atoms with van der Waals surface area (Å²) >= 11 is 5.79. The van der Waals surface area contributed by atoms with Crippen molar-refractivity contribution >= 4 is 29.9 Å². The van der Waals surface area contributed by atoms with Crippen LogP contribution in [0.1, 0.15) is 12.1 Å². The summed E-state index contributed by atoms with van der Waals surface area (Å²) in [6.45, 7) is 1.49. The van der Waals surface area contributed by atoms with Crippen molar-refractivity contribution in [2.24, 2.45) is 5.92 Å². The molecule has 1 aliphatic rings. The maximum Gasteiger partial charge on any atom is 0.223 e. The summed E-state index contributed by atoms with van der Waals surface area (Å²) < 4.78 is 0. The molecule has 0 aliphatic carbocycles. The predicted octanol–water partition coefficient (Wildman–Crippen LogP) is 1.42. The summed E-state index contributed by atoms with van der Waals surface area (Å²) in [7, 11) is 0. The van der Waals surface area contributed by atoms with Gasteiger partial charge >= 0.3 is 0 Å². The van der Waals surface area contributed by atoms with Gasteiger partial charge in [0.1, 0.15) is 0 Å². The molecule has 0 aromatic carbocycles. The van der Waals surface area contributed by atoms with Crippen molar-refractivity contribution in [1.29, 1.82) is 0 Å². The molecule has 2 heterocycles. The van der Waals surface area contributed by atoms with E-state index in [1.54, 1.807) is 16.8 Å². The zero-order chi connectivity index (χ0) is 9.97.